The quantitative estimate of drug-likeness (QED) is 0.467. The van der Waals surface area contributed by atoms with Crippen molar-refractivity contribution in [2.45, 2.75) is 34.6 Å². The van der Waals surface area contributed by atoms with Gasteiger partial charge in [0.25, 0.3) is 0 Å². The van der Waals surface area contributed by atoms with E-state index in [2.05, 4.69) is 13.8 Å². The van der Waals surface area contributed by atoms with E-state index in [1.165, 1.54) is 0 Å². The second kappa shape index (κ2) is 12.1. The maximum Gasteiger partial charge on any atom is 0.344 e. The number of esters is 1. The van der Waals surface area contributed by atoms with Crippen molar-refractivity contribution in [3.05, 3.63) is 46.6 Å². The number of nitrogens with zero attached hydrogens (tertiary/aromatic N) is 1. The van der Waals surface area contributed by atoms with Gasteiger partial charge in [0.05, 0.1) is 20.8 Å². The lowest BCUT2D eigenvalue weighted by molar-refractivity contribution is -0.145. The number of benzene rings is 1. The van der Waals surface area contributed by atoms with E-state index in [0.717, 1.165) is 27.7 Å². The van der Waals surface area contributed by atoms with Crippen LogP contribution in [-0.2, 0) is 9.53 Å². The Labute approximate surface area is 175 Å². The smallest absolute Gasteiger partial charge is 0.344 e. The number of hydrogen-bond donors (Lipinski definition) is 0. The van der Waals surface area contributed by atoms with Crippen molar-refractivity contribution in [2.24, 2.45) is 0 Å². The molecule has 0 aliphatic rings. The van der Waals surface area contributed by atoms with Crippen LogP contribution in [0.2, 0.25) is 0 Å². The van der Waals surface area contributed by atoms with Crippen molar-refractivity contribution in [1.29, 1.82) is 0 Å². The lowest BCUT2D eigenvalue weighted by atomic mass is 9.99. The van der Waals surface area contributed by atoms with E-state index in [1.807, 2.05) is 45.9 Å². The summed E-state index contributed by atoms with van der Waals surface area (Å²) in [6.45, 7) is 9.74. The molecule has 2 aromatic rings. The summed E-state index contributed by atoms with van der Waals surface area (Å²) in [5.74, 6) is 1.34. The van der Waals surface area contributed by atoms with Gasteiger partial charge in [0, 0.05) is 28.7 Å². The van der Waals surface area contributed by atoms with Crippen LogP contribution >= 0.6 is 8.86 Å². The molecule has 2 rings (SSSR count). The lowest BCUT2D eigenvalue weighted by Crippen LogP contribution is -2.16. The van der Waals surface area contributed by atoms with Crippen molar-refractivity contribution in [2.75, 3.05) is 27.4 Å². The van der Waals surface area contributed by atoms with Gasteiger partial charge in [0.2, 0.25) is 5.88 Å². The van der Waals surface area contributed by atoms with Gasteiger partial charge < -0.3 is 18.9 Å². The van der Waals surface area contributed by atoms with E-state index in [0.29, 0.717) is 24.0 Å². The summed E-state index contributed by atoms with van der Waals surface area (Å²) in [4.78, 5) is 15.9. The third kappa shape index (κ3) is 6.75. The molecule has 0 amide bonds. The maximum absolute atomic E-state index is 11.5. The van der Waals surface area contributed by atoms with E-state index in [9.17, 15) is 4.79 Å². The van der Waals surface area contributed by atoms with Gasteiger partial charge in [0.15, 0.2) is 6.61 Å². The number of pyridine rings is 1. The number of carbonyl (C=O) groups excluding carboxylic acids is 1. The Kier molecular flexibility index (Phi) is 10.2. The molecule has 0 saturated heterocycles. The summed E-state index contributed by atoms with van der Waals surface area (Å²) >= 11 is 0. The van der Waals surface area contributed by atoms with Gasteiger partial charge in [-0.3, -0.25) is 0 Å². The Balaban J connectivity index is 0.00000204. The van der Waals surface area contributed by atoms with Gasteiger partial charge in [-0.05, 0) is 44.0 Å². The fraction of sp³-hybridized carbons (Fsp3) is 0.409. The monoisotopic (exact) mass is 419 g/mol. The van der Waals surface area contributed by atoms with E-state index in [-0.39, 0.29) is 6.61 Å². The Bertz CT molecular complexity index is 806. The van der Waals surface area contributed by atoms with Crippen molar-refractivity contribution >= 4 is 20.1 Å². The van der Waals surface area contributed by atoms with E-state index in [4.69, 9.17) is 18.9 Å². The molecule has 1 aromatic heterocycles. The lowest BCUT2D eigenvalue weighted by Gasteiger charge is -2.15. The van der Waals surface area contributed by atoms with Gasteiger partial charge in [-0.25, -0.2) is 9.78 Å². The summed E-state index contributed by atoms with van der Waals surface area (Å²) < 4.78 is 21.0. The van der Waals surface area contributed by atoms with Gasteiger partial charge >= 0.3 is 5.97 Å². The Morgan fingerprint density at radius 1 is 1.03 bits per heavy atom. The maximum atomic E-state index is 11.5. The van der Waals surface area contributed by atoms with Crippen molar-refractivity contribution in [3.63, 3.8) is 0 Å². The summed E-state index contributed by atoms with van der Waals surface area (Å²) in [6.07, 6.45) is 0. The largest absolute Gasteiger partial charge is 0.497 e. The van der Waals surface area contributed by atoms with Crippen LogP contribution in [0.25, 0.3) is 0 Å². The summed E-state index contributed by atoms with van der Waals surface area (Å²) in [5, 5.41) is 0.853. The Morgan fingerprint density at radius 2 is 1.62 bits per heavy atom. The zero-order valence-corrected chi connectivity index (χ0v) is 19.2. The first-order valence-corrected chi connectivity index (χ1v) is 9.98. The molecule has 158 valence electrons. The number of methoxy groups -OCH3 is 2. The molecule has 0 unspecified atom stereocenters. The third-order valence-electron chi connectivity index (χ3n) is 3.91. The first-order chi connectivity index (χ1) is 13.9. The van der Waals surface area contributed by atoms with Crippen molar-refractivity contribution < 1.29 is 23.7 Å². The van der Waals surface area contributed by atoms with Crippen LogP contribution in [0, 0.1) is 13.8 Å². The Morgan fingerprint density at radius 3 is 2.10 bits per heavy atom. The highest BCUT2D eigenvalue weighted by Crippen LogP contribution is 2.28. The molecule has 0 bridgehead atoms. The zero-order chi connectivity index (χ0) is 22.0. The summed E-state index contributed by atoms with van der Waals surface area (Å²) in [6, 6.07) is 7.43. The van der Waals surface area contributed by atoms with Crippen LogP contribution in [0.3, 0.4) is 0 Å². The summed E-state index contributed by atoms with van der Waals surface area (Å²) in [5.41, 5.74) is 3.55. The first kappa shape index (κ1) is 24.4. The molecule has 0 N–H and O–H groups in total. The predicted octanol–water partition coefficient (Wildman–Crippen LogP) is 4.40. The molecular weight excluding hydrogens is 389 g/mol. The average molecular weight is 419 g/mol. The zero-order valence-electron chi connectivity index (χ0n) is 18.2. The number of aromatic nitrogens is 1. The van der Waals surface area contributed by atoms with Crippen LogP contribution in [0.15, 0.2) is 24.3 Å². The van der Waals surface area contributed by atoms with Crippen LogP contribution in [0.5, 0.6) is 17.4 Å². The average Bonchev–Trinajstić information content (AvgIpc) is 2.72. The molecule has 0 atom stereocenters. The highest BCUT2D eigenvalue weighted by molar-refractivity contribution is 7.23. The van der Waals surface area contributed by atoms with Crippen LogP contribution in [0.1, 0.15) is 43.2 Å². The number of ether oxygens (including phenoxy) is 4. The molecule has 0 aliphatic carbocycles. The first-order valence-electron chi connectivity index (χ1n) is 9.48. The Hall–Kier alpha value is -2.59. The van der Waals surface area contributed by atoms with Gasteiger partial charge in [-0.2, -0.15) is 0 Å². The molecule has 7 heteroatoms. The molecule has 6 nitrogen and oxygen atoms in total. The normalized spacial score (nSPS) is 9.76. The van der Waals surface area contributed by atoms with Crippen molar-refractivity contribution in [3.8, 4) is 17.4 Å². The van der Waals surface area contributed by atoms with Gasteiger partial charge in [-0.1, -0.05) is 13.8 Å². The molecule has 29 heavy (non-hydrogen) atoms. The molecule has 0 aliphatic heterocycles. The molecule has 1 heterocycles. The number of carbonyl (C=O) groups is 1. The SMILES string of the molecule is CC.CCOC(=O)COc1cc(C)c(C(=P)c2cc(OC)cc(OC)c2)c(C)n1. The van der Waals surface area contributed by atoms with Crippen LogP contribution < -0.4 is 14.2 Å². The second-order valence-corrected chi connectivity index (χ2v) is 6.31. The fourth-order valence-electron chi connectivity index (χ4n) is 2.68. The minimum absolute atomic E-state index is 0.170. The van der Waals surface area contributed by atoms with Crippen molar-refractivity contribution in [1.82, 2.24) is 4.98 Å². The molecule has 0 saturated carbocycles. The molecule has 0 spiro atoms. The minimum atomic E-state index is -0.422. The van der Waals surface area contributed by atoms with E-state index in [1.54, 1.807) is 27.2 Å². The predicted molar refractivity (Wildman–Crippen MR) is 118 cm³/mol. The van der Waals surface area contributed by atoms with E-state index < -0.39 is 5.97 Å². The van der Waals surface area contributed by atoms with E-state index >= 15 is 0 Å². The molecular formula is C22H30NO5P. The molecule has 0 radical (unpaired) electrons. The standard InChI is InChI=1S/C20H24NO5P.C2H6/c1-6-25-18(22)11-26-17-7-12(2)19(13(3)21-17)20(27)14-8-15(23-4)10-16(9-14)24-5;1-2/h7-10,27H,6,11H2,1-5H3;1-2H3. The molecule has 1 aromatic carbocycles. The highest BCUT2D eigenvalue weighted by Gasteiger charge is 2.15. The highest BCUT2D eigenvalue weighted by atomic mass is 31.0. The van der Waals surface area contributed by atoms with Gasteiger partial charge in [0.1, 0.15) is 11.5 Å². The van der Waals surface area contributed by atoms with Gasteiger partial charge in [-0.15, -0.1) is 8.86 Å². The number of rotatable bonds is 8. The fourth-order valence-corrected chi connectivity index (χ4v) is 3.20. The molecule has 0 fully saturated rings. The third-order valence-corrected chi connectivity index (χ3v) is 4.45. The number of aryl methyl sites for hydroxylation is 2. The summed E-state index contributed by atoms with van der Waals surface area (Å²) in [7, 11) is 6.96. The van der Waals surface area contributed by atoms with Crippen LogP contribution in [-0.4, -0.2) is 43.7 Å². The number of hydrogen-bond acceptors (Lipinski definition) is 6. The topological polar surface area (TPSA) is 66.9 Å². The second-order valence-electron chi connectivity index (χ2n) is 5.81. The minimum Gasteiger partial charge on any atom is -0.497 e. The van der Waals surface area contributed by atoms with Crippen LogP contribution in [0.4, 0.5) is 0 Å².